The molecule has 2 nitrogen and oxygen atoms in total. The standard InChI is InChI=1S/C13H20N2/c1-3-15-11-7-6-9-12-8-4-5-10-13(12)14-2/h4-6,8-10,14-15H,3,7,11H2,1-2H3/b9-6+. The largest absolute Gasteiger partial charge is 0.388 e. The third-order valence-electron chi connectivity index (χ3n) is 2.27. The molecule has 0 bridgehead atoms. The highest BCUT2D eigenvalue weighted by Gasteiger charge is 1.93. The van der Waals surface area contributed by atoms with Crippen molar-refractivity contribution in [3.63, 3.8) is 0 Å². The van der Waals surface area contributed by atoms with E-state index in [-0.39, 0.29) is 0 Å². The third kappa shape index (κ3) is 4.17. The quantitative estimate of drug-likeness (QED) is 0.696. The van der Waals surface area contributed by atoms with Crippen LogP contribution >= 0.6 is 0 Å². The molecule has 0 saturated heterocycles. The maximum Gasteiger partial charge on any atom is 0.0411 e. The molecular weight excluding hydrogens is 184 g/mol. The summed E-state index contributed by atoms with van der Waals surface area (Å²) in [6, 6.07) is 8.31. The van der Waals surface area contributed by atoms with Crippen molar-refractivity contribution in [1.82, 2.24) is 5.32 Å². The van der Waals surface area contributed by atoms with Crippen molar-refractivity contribution in [1.29, 1.82) is 0 Å². The molecule has 2 heteroatoms. The van der Waals surface area contributed by atoms with Crippen molar-refractivity contribution in [2.24, 2.45) is 0 Å². The smallest absolute Gasteiger partial charge is 0.0411 e. The first-order valence-electron chi connectivity index (χ1n) is 5.52. The first-order chi connectivity index (χ1) is 7.38. The van der Waals surface area contributed by atoms with Gasteiger partial charge in [-0.15, -0.1) is 0 Å². The maximum atomic E-state index is 3.30. The van der Waals surface area contributed by atoms with Gasteiger partial charge in [0.15, 0.2) is 0 Å². The summed E-state index contributed by atoms with van der Waals surface area (Å²) >= 11 is 0. The Hall–Kier alpha value is -1.28. The fourth-order valence-electron chi connectivity index (χ4n) is 1.44. The molecule has 1 aromatic rings. The van der Waals surface area contributed by atoms with Gasteiger partial charge in [-0.05, 0) is 31.1 Å². The first kappa shape index (κ1) is 11.8. The molecule has 15 heavy (non-hydrogen) atoms. The number of anilines is 1. The molecule has 1 aromatic carbocycles. The van der Waals surface area contributed by atoms with Gasteiger partial charge in [0, 0.05) is 12.7 Å². The summed E-state index contributed by atoms with van der Waals surface area (Å²) in [5.41, 5.74) is 2.42. The predicted octanol–water partition coefficient (Wildman–Crippen LogP) is 2.74. The Morgan fingerprint density at radius 3 is 2.80 bits per heavy atom. The molecule has 0 saturated carbocycles. The van der Waals surface area contributed by atoms with Crippen molar-refractivity contribution in [3.8, 4) is 0 Å². The zero-order valence-corrected chi connectivity index (χ0v) is 9.59. The molecule has 82 valence electrons. The van der Waals surface area contributed by atoms with E-state index in [9.17, 15) is 0 Å². The molecule has 0 amide bonds. The number of rotatable bonds is 6. The Balaban J connectivity index is 2.48. The van der Waals surface area contributed by atoms with E-state index in [4.69, 9.17) is 0 Å². The minimum absolute atomic E-state index is 1.04. The van der Waals surface area contributed by atoms with E-state index < -0.39 is 0 Å². The lowest BCUT2D eigenvalue weighted by atomic mass is 10.1. The van der Waals surface area contributed by atoms with Gasteiger partial charge in [0.25, 0.3) is 0 Å². The normalized spacial score (nSPS) is 10.8. The first-order valence-corrected chi connectivity index (χ1v) is 5.52. The fourth-order valence-corrected chi connectivity index (χ4v) is 1.44. The molecule has 0 aliphatic carbocycles. The molecule has 0 aliphatic heterocycles. The SMILES string of the molecule is CCNCC/C=C/c1ccccc1NC. The van der Waals surface area contributed by atoms with E-state index in [2.05, 4.69) is 47.9 Å². The van der Waals surface area contributed by atoms with Gasteiger partial charge in [0.05, 0.1) is 0 Å². The van der Waals surface area contributed by atoms with Crippen LogP contribution in [0.25, 0.3) is 6.08 Å². The summed E-state index contributed by atoms with van der Waals surface area (Å²) in [5, 5.41) is 6.48. The Labute approximate surface area is 92.4 Å². The molecule has 0 radical (unpaired) electrons. The van der Waals surface area contributed by atoms with Gasteiger partial charge in [-0.3, -0.25) is 0 Å². The van der Waals surface area contributed by atoms with Gasteiger partial charge >= 0.3 is 0 Å². The molecule has 0 spiro atoms. The molecule has 0 aliphatic rings. The van der Waals surface area contributed by atoms with Gasteiger partial charge in [-0.25, -0.2) is 0 Å². The van der Waals surface area contributed by atoms with E-state index in [0.29, 0.717) is 0 Å². The highest BCUT2D eigenvalue weighted by molar-refractivity contribution is 5.66. The molecular formula is C13H20N2. The van der Waals surface area contributed by atoms with Crippen LogP contribution in [0.5, 0.6) is 0 Å². The monoisotopic (exact) mass is 204 g/mol. The molecule has 0 unspecified atom stereocenters. The van der Waals surface area contributed by atoms with Crippen LogP contribution in [0.15, 0.2) is 30.3 Å². The lowest BCUT2D eigenvalue weighted by molar-refractivity contribution is 0.727. The van der Waals surface area contributed by atoms with E-state index >= 15 is 0 Å². The van der Waals surface area contributed by atoms with Crippen molar-refractivity contribution in [2.75, 3.05) is 25.5 Å². The van der Waals surface area contributed by atoms with Crippen LogP contribution in [0.3, 0.4) is 0 Å². The average molecular weight is 204 g/mol. The Bertz CT molecular complexity index is 305. The molecule has 0 heterocycles. The molecule has 0 aromatic heterocycles. The topological polar surface area (TPSA) is 24.1 Å². The minimum Gasteiger partial charge on any atom is -0.388 e. The van der Waals surface area contributed by atoms with E-state index in [1.54, 1.807) is 0 Å². The molecule has 1 rings (SSSR count). The summed E-state index contributed by atoms with van der Waals surface area (Å²) in [4.78, 5) is 0. The number of benzene rings is 1. The van der Waals surface area contributed by atoms with E-state index in [0.717, 1.165) is 19.5 Å². The van der Waals surface area contributed by atoms with Crippen LogP contribution in [0.2, 0.25) is 0 Å². The van der Waals surface area contributed by atoms with Gasteiger partial charge in [0.1, 0.15) is 0 Å². The average Bonchev–Trinajstić information content (AvgIpc) is 2.29. The van der Waals surface area contributed by atoms with Gasteiger partial charge in [0.2, 0.25) is 0 Å². The number of hydrogen-bond acceptors (Lipinski definition) is 2. The lowest BCUT2D eigenvalue weighted by Gasteiger charge is -2.04. The van der Waals surface area contributed by atoms with Gasteiger partial charge < -0.3 is 10.6 Å². The summed E-state index contributed by atoms with van der Waals surface area (Å²) in [5.74, 6) is 0. The number of para-hydroxylation sites is 1. The highest BCUT2D eigenvalue weighted by atomic mass is 14.8. The number of hydrogen-bond donors (Lipinski definition) is 2. The summed E-state index contributed by atoms with van der Waals surface area (Å²) in [6.45, 7) is 4.22. The van der Waals surface area contributed by atoms with Crippen LogP contribution in [0.1, 0.15) is 18.9 Å². The van der Waals surface area contributed by atoms with Crippen molar-refractivity contribution < 1.29 is 0 Å². The summed E-state index contributed by atoms with van der Waals surface area (Å²) in [6.07, 6.45) is 5.45. The van der Waals surface area contributed by atoms with Crippen molar-refractivity contribution >= 4 is 11.8 Å². The molecule has 0 fully saturated rings. The second-order valence-corrected chi connectivity index (χ2v) is 3.38. The molecule has 0 atom stereocenters. The zero-order valence-electron chi connectivity index (χ0n) is 9.59. The third-order valence-corrected chi connectivity index (χ3v) is 2.27. The second kappa shape index (κ2) is 7.07. The van der Waals surface area contributed by atoms with Crippen LogP contribution in [-0.2, 0) is 0 Å². The highest BCUT2D eigenvalue weighted by Crippen LogP contribution is 2.15. The predicted molar refractivity (Wildman–Crippen MR) is 68.2 cm³/mol. The molecule has 2 N–H and O–H groups in total. The van der Waals surface area contributed by atoms with E-state index in [1.807, 2.05) is 13.1 Å². The van der Waals surface area contributed by atoms with Crippen LogP contribution in [-0.4, -0.2) is 20.1 Å². The van der Waals surface area contributed by atoms with Crippen molar-refractivity contribution in [2.45, 2.75) is 13.3 Å². The lowest BCUT2D eigenvalue weighted by Crippen LogP contribution is -2.12. The van der Waals surface area contributed by atoms with Crippen LogP contribution < -0.4 is 10.6 Å². The van der Waals surface area contributed by atoms with Gasteiger partial charge in [-0.1, -0.05) is 37.3 Å². The second-order valence-electron chi connectivity index (χ2n) is 3.38. The van der Waals surface area contributed by atoms with Gasteiger partial charge in [-0.2, -0.15) is 0 Å². The summed E-state index contributed by atoms with van der Waals surface area (Å²) < 4.78 is 0. The van der Waals surface area contributed by atoms with Crippen molar-refractivity contribution in [3.05, 3.63) is 35.9 Å². The fraction of sp³-hybridized carbons (Fsp3) is 0.385. The van der Waals surface area contributed by atoms with E-state index in [1.165, 1.54) is 11.3 Å². The minimum atomic E-state index is 1.04. The number of nitrogens with one attached hydrogen (secondary N) is 2. The summed E-state index contributed by atoms with van der Waals surface area (Å²) in [7, 11) is 1.95. The zero-order chi connectivity index (χ0) is 10.9. The van der Waals surface area contributed by atoms with Crippen LogP contribution in [0.4, 0.5) is 5.69 Å². The Morgan fingerprint density at radius 1 is 1.27 bits per heavy atom. The maximum absolute atomic E-state index is 3.30. The Morgan fingerprint density at radius 2 is 2.07 bits per heavy atom. The Kier molecular flexibility index (Phi) is 5.56. The van der Waals surface area contributed by atoms with Crippen LogP contribution in [0, 0.1) is 0 Å².